The highest BCUT2D eigenvalue weighted by molar-refractivity contribution is 5.79. The van der Waals surface area contributed by atoms with Crippen LogP contribution in [0.2, 0.25) is 0 Å². The number of carbonyl (C=O) groups excluding carboxylic acids is 1. The van der Waals surface area contributed by atoms with Gasteiger partial charge in [-0.05, 0) is 11.6 Å². The monoisotopic (exact) mass is 327 g/mol. The molecule has 1 aliphatic heterocycles. The SMILES string of the molecule is O=C(Cc1ccc([N+](=O)[O-])cc1)N1CCN(c2cccc[nH+]2)CC1. The van der Waals surface area contributed by atoms with Gasteiger partial charge in [0, 0.05) is 18.2 Å². The number of rotatable bonds is 4. The predicted octanol–water partition coefficient (Wildman–Crippen LogP) is 1.30. The molecule has 2 aromatic rings. The maximum atomic E-state index is 12.4. The molecule has 0 unspecified atom stereocenters. The van der Waals surface area contributed by atoms with Gasteiger partial charge in [-0.25, -0.2) is 4.98 Å². The molecule has 0 bridgehead atoms. The number of nitro groups is 1. The van der Waals surface area contributed by atoms with Crippen LogP contribution in [0.4, 0.5) is 11.5 Å². The van der Waals surface area contributed by atoms with Crippen molar-refractivity contribution < 1.29 is 14.7 Å². The fourth-order valence-corrected chi connectivity index (χ4v) is 2.80. The quantitative estimate of drug-likeness (QED) is 0.626. The van der Waals surface area contributed by atoms with E-state index in [9.17, 15) is 14.9 Å². The van der Waals surface area contributed by atoms with Gasteiger partial charge in [0.2, 0.25) is 5.91 Å². The van der Waals surface area contributed by atoms with Crippen LogP contribution in [0.3, 0.4) is 0 Å². The molecular weight excluding hydrogens is 308 g/mol. The molecular formula is C17H19N4O3+. The lowest BCUT2D eigenvalue weighted by Crippen LogP contribution is -2.50. The Bertz CT molecular complexity index is 710. The Morgan fingerprint density at radius 2 is 1.79 bits per heavy atom. The number of anilines is 1. The number of piperazine rings is 1. The number of benzene rings is 1. The molecule has 0 saturated carbocycles. The van der Waals surface area contributed by atoms with Crippen LogP contribution >= 0.6 is 0 Å². The lowest BCUT2D eigenvalue weighted by molar-refractivity contribution is -0.384. The molecule has 0 atom stereocenters. The number of hydrogen-bond acceptors (Lipinski definition) is 4. The Morgan fingerprint density at radius 3 is 2.38 bits per heavy atom. The topological polar surface area (TPSA) is 80.8 Å². The van der Waals surface area contributed by atoms with E-state index in [4.69, 9.17) is 0 Å². The molecule has 1 saturated heterocycles. The third-order valence-corrected chi connectivity index (χ3v) is 4.17. The van der Waals surface area contributed by atoms with Crippen molar-refractivity contribution in [1.82, 2.24) is 4.90 Å². The van der Waals surface area contributed by atoms with Crippen molar-refractivity contribution in [2.24, 2.45) is 0 Å². The maximum Gasteiger partial charge on any atom is 0.274 e. The number of nitrogens with zero attached hydrogens (tertiary/aromatic N) is 3. The maximum absolute atomic E-state index is 12.4. The Kier molecular flexibility index (Phi) is 4.69. The highest BCUT2D eigenvalue weighted by Crippen LogP contribution is 2.14. The van der Waals surface area contributed by atoms with Crippen LogP contribution in [-0.2, 0) is 11.2 Å². The lowest BCUT2D eigenvalue weighted by Gasteiger charge is -2.31. The van der Waals surface area contributed by atoms with E-state index >= 15 is 0 Å². The normalized spacial score (nSPS) is 14.5. The summed E-state index contributed by atoms with van der Waals surface area (Å²) in [6, 6.07) is 12.1. The average Bonchev–Trinajstić information content (AvgIpc) is 2.63. The molecule has 1 fully saturated rings. The van der Waals surface area contributed by atoms with Crippen LogP contribution in [0.5, 0.6) is 0 Å². The number of non-ortho nitro benzene ring substituents is 1. The largest absolute Gasteiger partial charge is 0.335 e. The van der Waals surface area contributed by atoms with Crippen molar-refractivity contribution in [3.63, 3.8) is 0 Å². The standard InChI is InChI=1S/C17H18N4O3/c22-17(13-14-4-6-15(7-5-14)21(23)24)20-11-9-19(10-12-20)16-3-1-2-8-18-16/h1-8H,9-13H2/p+1. The van der Waals surface area contributed by atoms with Crippen LogP contribution < -0.4 is 9.88 Å². The van der Waals surface area contributed by atoms with Gasteiger partial charge in [0.1, 0.15) is 13.1 Å². The first-order valence-corrected chi connectivity index (χ1v) is 7.86. The minimum Gasteiger partial charge on any atom is -0.335 e. The number of nitrogens with one attached hydrogen (secondary N) is 1. The van der Waals surface area contributed by atoms with Crippen LogP contribution in [-0.4, -0.2) is 41.9 Å². The second-order valence-electron chi connectivity index (χ2n) is 5.72. The summed E-state index contributed by atoms with van der Waals surface area (Å²) in [6.07, 6.45) is 2.16. The fourth-order valence-electron chi connectivity index (χ4n) is 2.80. The summed E-state index contributed by atoms with van der Waals surface area (Å²) < 4.78 is 0. The van der Waals surface area contributed by atoms with E-state index in [1.165, 1.54) is 12.1 Å². The average molecular weight is 327 g/mol. The summed E-state index contributed by atoms with van der Waals surface area (Å²) in [5.41, 5.74) is 0.836. The number of H-pyrrole nitrogens is 1. The second-order valence-corrected chi connectivity index (χ2v) is 5.72. The molecule has 0 radical (unpaired) electrons. The molecule has 0 aliphatic carbocycles. The zero-order chi connectivity index (χ0) is 16.9. The molecule has 2 heterocycles. The molecule has 1 aromatic carbocycles. The third-order valence-electron chi connectivity index (χ3n) is 4.17. The van der Waals surface area contributed by atoms with Crippen molar-refractivity contribution in [2.75, 3.05) is 31.1 Å². The molecule has 1 amide bonds. The molecule has 1 aliphatic rings. The number of pyridine rings is 1. The van der Waals surface area contributed by atoms with E-state index in [0.717, 1.165) is 24.5 Å². The number of aromatic amines is 1. The van der Waals surface area contributed by atoms with Crippen molar-refractivity contribution in [1.29, 1.82) is 0 Å². The highest BCUT2D eigenvalue weighted by Gasteiger charge is 2.25. The lowest BCUT2D eigenvalue weighted by atomic mass is 10.1. The van der Waals surface area contributed by atoms with Crippen molar-refractivity contribution in [2.45, 2.75) is 6.42 Å². The first-order valence-electron chi connectivity index (χ1n) is 7.86. The van der Waals surface area contributed by atoms with E-state index in [1.54, 1.807) is 12.1 Å². The van der Waals surface area contributed by atoms with Gasteiger partial charge < -0.3 is 4.90 Å². The zero-order valence-electron chi connectivity index (χ0n) is 13.2. The number of hydrogen-bond donors (Lipinski definition) is 0. The van der Waals surface area contributed by atoms with Crippen LogP contribution in [0, 0.1) is 10.1 Å². The van der Waals surface area contributed by atoms with Gasteiger partial charge in [0.25, 0.3) is 11.5 Å². The number of carbonyl (C=O) groups is 1. The summed E-state index contributed by atoms with van der Waals surface area (Å²) in [4.78, 5) is 29.9. The number of amides is 1. The van der Waals surface area contributed by atoms with Crippen LogP contribution in [0.1, 0.15) is 5.56 Å². The smallest absolute Gasteiger partial charge is 0.274 e. The van der Waals surface area contributed by atoms with E-state index < -0.39 is 4.92 Å². The summed E-state index contributed by atoms with van der Waals surface area (Å²) in [7, 11) is 0. The summed E-state index contributed by atoms with van der Waals surface area (Å²) in [5, 5.41) is 10.7. The van der Waals surface area contributed by atoms with E-state index in [0.29, 0.717) is 13.1 Å². The third kappa shape index (κ3) is 3.68. The van der Waals surface area contributed by atoms with Gasteiger partial charge in [-0.1, -0.05) is 18.2 Å². The zero-order valence-corrected chi connectivity index (χ0v) is 13.2. The Hall–Kier alpha value is -2.96. The Balaban J connectivity index is 1.54. The molecule has 1 aromatic heterocycles. The van der Waals surface area contributed by atoms with Gasteiger partial charge in [0.05, 0.1) is 30.6 Å². The molecule has 1 N–H and O–H groups in total. The van der Waals surface area contributed by atoms with Crippen LogP contribution in [0.15, 0.2) is 48.7 Å². The number of aromatic nitrogens is 1. The first kappa shape index (κ1) is 15.9. The summed E-state index contributed by atoms with van der Waals surface area (Å²) in [5.74, 6) is 1.11. The van der Waals surface area contributed by atoms with Crippen molar-refractivity contribution >= 4 is 17.4 Å². The first-order chi connectivity index (χ1) is 11.6. The molecule has 124 valence electrons. The van der Waals surface area contributed by atoms with Crippen molar-refractivity contribution in [3.8, 4) is 0 Å². The van der Waals surface area contributed by atoms with Gasteiger partial charge in [-0.3, -0.25) is 19.8 Å². The highest BCUT2D eigenvalue weighted by atomic mass is 16.6. The summed E-state index contributed by atoms with van der Waals surface area (Å²) in [6.45, 7) is 2.92. The predicted molar refractivity (Wildman–Crippen MR) is 88.6 cm³/mol. The fraction of sp³-hybridized carbons (Fsp3) is 0.294. The minimum atomic E-state index is -0.439. The van der Waals surface area contributed by atoms with E-state index in [1.807, 2.05) is 29.3 Å². The molecule has 7 heteroatoms. The van der Waals surface area contributed by atoms with Gasteiger partial charge in [-0.15, -0.1) is 0 Å². The molecule has 24 heavy (non-hydrogen) atoms. The minimum absolute atomic E-state index is 0.0407. The summed E-state index contributed by atoms with van der Waals surface area (Å²) >= 11 is 0. The Labute approximate surface area is 139 Å². The Morgan fingerprint density at radius 1 is 1.08 bits per heavy atom. The van der Waals surface area contributed by atoms with Gasteiger partial charge in [0.15, 0.2) is 0 Å². The van der Waals surface area contributed by atoms with Gasteiger partial charge in [-0.2, -0.15) is 0 Å². The van der Waals surface area contributed by atoms with Crippen molar-refractivity contribution in [3.05, 3.63) is 64.3 Å². The second kappa shape index (κ2) is 7.08. The van der Waals surface area contributed by atoms with Gasteiger partial charge >= 0.3 is 0 Å². The van der Waals surface area contributed by atoms with E-state index in [2.05, 4.69) is 9.88 Å². The number of nitro benzene ring substituents is 1. The molecule has 7 nitrogen and oxygen atoms in total. The molecule has 3 rings (SSSR count). The van der Waals surface area contributed by atoms with Crippen LogP contribution in [0.25, 0.3) is 0 Å². The molecule has 0 spiro atoms. The van der Waals surface area contributed by atoms with E-state index in [-0.39, 0.29) is 18.0 Å².